The van der Waals surface area contributed by atoms with Gasteiger partial charge in [0, 0.05) is 7.11 Å². The van der Waals surface area contributed by atoms with Crippen LogP contribution in [0.25, 0.3) is 0 Å². The lowest BCUT2D eigenvalue weighted by molar-refractivity contribution is 0.0853. The maximum absolute atomic E-state index is 5.16. The van der Waals surface area contributed by atoms with Crippen molar-refractivity contribution in [2.45, 2.75) is 13.3 Å². The monoisotopic (exact) mass is 144 g/mol. The molecule has 0 spiro atoms. The van der Waals surface area contributed by atoms with Crippen molar-refractivity contribution in [3.8, 4) is 0 Å². The molecule has 0 bridgehead atoms. The van der Waals surface area contributed by atoms with Crippen molar-refractivity contribution in [3.05, 3.63) is 12.2 Å². The van der Waals surface area contributed by atoms with Crippen LogP contribution in [-0.2, 0) is 9.47 Å². The molecule has 60 valence electrons. The van der Waals surface area contributed by atoms with Crippen LogP contribution in [0.4, 0.5) is 0 Å². The summed E-state index contributed by atoms with van der Waals surface area (Å²) in [5.74, 6) is 0. The fourth-order valence-corrected chi connectivity index (χ4v) is 0.528. The van der Waals surface area contributed by atoms with E-state index < -0.39 is 0 Å². The molecule has 0 amide bonds. The number of rotatable bonds is 6. The Bertz CT molecular complexity index is 79.3. The fraction of sp³-hybridized carbons (Fsp3) is 0.750. The minimum absolute atomic E-state index is 0.681. The van der Waals surface area contributed by atoms with Crippen LogP contribution >= 0.6 is 0 Å². The molecule has 2 heteroatoms. The predicted octanol–water partition coefficient (Wildman–Crippen LogP) is 1.62. The van der Waals surface area contributed by atoms with Gasteiger partial charge in [-0.05, 0) is 6.42 Å². The van der Waals surface area contributed by atoms with Gasteiger partial charge < -0.3 is 9.47 Å². The zero-order valence-electron chi connectivity index (χ0n) is 6.80. The van der Waals surface area contributed by atoms with Crippen molar-refractivity contribution in [1.29, 1.82) is 0 Å². The summed E-state index contributed by atoms with van der Waals surface area (Å²) in [6.45, 7) is 4.17. The van der Waals surface area contributed by atoms with Crippen LogP contribution < -0.4 is 0 Å². The molecule has 0 saturated heterocycles. The van der Waals surface area contributed by atoms with E-state index in [-0.39, 0.29) is 0 Å². The number of hydrogen-bond donors (Lipinski definition) is 0. The van der Waals surface area contributed by atoms with Crippen molar-refractivity contribution in [2.75, 3.05) is 26.9 Å². The Balaban J connectivity index is 2.83. The molecule has 0 saturated carbocycles. The molecule has 10 heavy (non-hydrogen) atoms. The van der Waals surface area contributed by atoms with Crippen LogP contribution in [0.15, 0.2) is 12.2 Å². The zero-order valence-corrected chi connectivity index (χ0v) is 6.80. The summed E-state index contributed by atoms with van der Waals surface area (Å²) in [5, 5.41) is 0. The van der Waals surface area contributed by atoms with Gasteiger partial charge in [0.25, 0.3) is 0 Å². The van der Waals surface area contributed by atoms with Crippen LogP contribution in [0.3, 0.4) is 0 Å². The predicted molar refractivity (Wildman–Crippen MR) is 42.1 cm³/mol. The highest BCUT2D eigenvalue weighted by atomic mass is 16.5. The molecule has 2 nitrogen and oxygen atoms in total. The van der Waals surface area contributed by atoms with Crippen molar-refractivity contribution >= 4 is 0 Å². The van der Waals surface area contributed by atoms with Crippen molar-refractivity contribution in [2.24, 2.45) is 0 Å². The summed E-state index contributed by atoms with van der Waals surface area (Å²) >= 11 is 0. The van der Waals surface area contributed by atoms with Crippen LogP contribution in [0.1, 0.15) is 13.3 Å². The van der Waals surface area contributed by atoms with Crippen LogP contribution in [0.2, 0.25) is 0 Å². The SMILES string of the molecule is CC/C=C\COCCOC. The zero-order chi connectivity index (χ0) is 7.66. The first-order chi connectivity index (χ1) is 4.91. The lowest BCUT2D eigenvalue weighted by Gasteiger charge is -1.97. The van der Waals surface area contributed by atoms with Gasteiger partial charge in [-0.3, -0.25) is 0 Å². The second-order valence-corrected chi connectivity index (χ2v) is 1.95. The van der Waals surface area contributed by atoms with E-state index in [1.807, 2.05) is 6.08 Å². The average molecular weight is 144 g/mol. The molecule has 0 rings (SSSR count). The third kappa shape index (κ3) is 7.66. The Hall–Kier alpha value is -0.340. The van der Waals surface area contributed by atoms with Crippen molar-refractivity contribution < 1.29 is 9.47 Å². The van der Waals surface area contributed by atoms with Gasteiger partial charge in [0.1, 0.15) is 0 Å². The standard InChI is InChI=1S/C8H16O2/c1-3-4-5-6-10-8-7-9-2/h4-5H,3,6-8H2,1-2H3/b5-4-. The lowest BCUT2D eigenvalue weighted by Crippen LogP contribution is -2.00. The number of hydrogen-bond acceptors (Lipinski definition) is 2. The highest BCUT2D eigenvalue weighted by molar-refractivity contribution is 4.79. The molecule has 0 aromatic rings. The van der Waals surface area contributed by atoms with E-state index >= 15 is 0 Å². The van der Waals surface area contributed by atoms with E-state index in [4.69, 9.17) is 9.47 Å². The van der Waals surface area contributed by atoms with Crippen molar-refractivity contribution in [3.63, 3.8) is 0 Å². The van der Waals surface area contributed by atoms with Crippen LogP contribution in [-0.4, -0.2) is 26.9 Å². The van der Waals surface area contributed by atoms with E-state index in [0.717, 1.165) is 6.42 Å². The van der Waals surface area contributed by atoms with Gasteiger partial charge in [0.05, 0.1) is 19.8 Å². The first-order valence-corrected chi connectivity index (χ1v) is 3.63. The molecule has 0 radical (unpaired) electrons. The number of ether oxygens (including phenoxy) is 2. The molecular weight excluding hydrogens is 128 g/mol. The Labute approximate surface area is 62.8 Å². The summed E-state index contributed by atoms with van der Waals surface area (Å²) < 4.78 is 9.96. The quantitative estimate of drug-likeness (QED) is 0.416. The summed E-state index contributed by atoms with van der Waals surface area (Å²) in [6, 6.07) is 0. The topological polar surface area (TPSA) is 18.5 Å². The molecule has 0 atom stereocenters. The smallest absolute Gasteiger partial charge is 0.0704 e. The molecule has 0 aromatic heterocycles. The summed E-state index contributed by atoms with van der Waals surface area (Å²) in [4.78, 5) is 0. The van der Waals surface area contributed by atoms with E-state index in [1.54, 1.807) is 7.11 Å². The van der Waals surface area contributed by atoms with Gasteiger partial charge in [-0.25, -0.2) is 0 Å². The molecule has 0 N–H and O–H groups in total. The van der Waals surface area contributed by atoms with E-state index in [0.29, 0.717) is 19.8 Å². The molecule has 0 heterocycles. The van der Waals surface area contributed by atoms with E-state index in [2.05, 4.69) is 13.0 Å². The van der Waals surface area contributed by atoms with Crippen molar-refractivity contribution in [1.82, 2.24) is 0 Å². The molecule has 0 aliphatic rings. The highest BCUT2D eigenvalue weighted by Crippen LogP contribution is 1.81. The number of allylic oxidation sites excluding steroid dienone is 1. The average Bonchev–Trinajstić information content (AvgIpc) is 1.97. The molecule has 0 aliphatic carbocycles. The molecule has 0 aromatic carbocycles. The third-order valence-electron chi connectivity index (χ3n) is 1.05. The second-order valence-electron chi connectivity index (χ2n) is 1.95. The summed E-state index contributed by atoms with van der Waals surface area (Å²) in [6.07, 6.45) is 5.19. The Kier molecular flexibility index (Phi) is 8.37. The third-order valence-corrected chi connectivity index (χ3v) is 1.05. The van der Waals surface area contributed by atoms with Gasteiger partial charge in [-0.2, -0.15) is 0 Å². The largest absolute Gasteiger partial charge is 0.382 e. The van der Waals surface area contributed by atoms with Gasteiger partial charge in [0.15, 0.2) is 0 Å². The fourth-order valence-electron chi connectivity index (χ4n) is 0.528. The second kappa shape index (κ2) is 8.66. The van der Waals surface area contributed by atoms with Crippen LogP contribution in [0, 0.1) is 0 Å². The van der Waals surface area contributed by atoms with Gasteiger partial charge >= 0.3 is 0 Å². The maximum Gasteiger partial charge on any atom is 0.0704 e. The summed E-state index contributed by atoms with van der Waals surface area (Å²) in [5.41, 5.74) is 0. The Morgan fingerprint density at radius 1 is 1.20 bits per heavy atom. The Morgan fingerprint density at radius 3 is 2.60 bits per heavy atom. The summed E-state index contributed by atoms with van der Waals surface area (Å²) in [7, 11) is 1.67. The molecule has 0 unspecified atom stereocenters. The maximum atomic E-state index is 5.16. The first kappa shape index (κ1) is 9.66. The number of methoxy groups -OCH3 is 1. The molecular formula is C8H16O2. The van der Waals surface area contributed by atoms with E-state index in [1.165, 1.54) is 0 Å². The molecule has 0 fully saturated rings. The first-order valence-electron chi connectivity index (χ1n) is 3.63. The Morgan fingerprint density at radius 2 is 2.00 bits per heavy atom. The van der Waals surface area contributed by atoms with Crippen LogP contribution in [0.5, 0.6) is 0 Å². The van der Waals surface area contributed by atoms with Gasteiger partial charge in [-0.15, -0.1) is 0 Å². The van der Waals surface area contributed by atoms with E-state index in [9.17, 15) is 0 Å². The lowest BCUT2D eigenvalue weighted by atomic mass is 10.4. The van der Waals surface area contributed by atoms with Gasteiger partial charge in [0.2, 0.25) is 0 Å². The van der Waals surface area contributed by atoms with Gasteiger partial charge in [-0.1, -0.05) is 19.1 Å². The minimum Gasteiger partial charge on any atom is -0.382 e. The molecule has 0 aliphatic heterocycles. The minimum atomic E-state index is 0.681. The highest BCUT2D eigenvalue weighted by Gasteiger charge is 1.81. The normalized spacial score (nSPS) is 11.0.